The van der Waals surface area contributed by atoms with Gasteiger partial charge in [-0.3, -0.25) is 14.4 Å². The Morgan fingerprint density at radius 3 is 1.30 bits per heavy atom. The van der Waals surface area contributed by atoms with Crippen LogP contribution in [0.4, 0.5) is 0 Å². The molecule has 0 spiro atoms. The lowest BCUT2D eigenvalue weighted by Crippen LogP contribution is -2.21. The minimum atomic E-state index is -0.432. The second-order valence-electron chi connectivity index (χ2n) is 17.0. The van der Waals surface area contributed by atoms with Crippen LogP contribution in [0.3, 0.4) is 0 Å². The van der Waals surface area contributed by atoms with E-state index in [2.05, 4.69) is 27.7 Å². The largest absolute Gasteiger partial charge is 0.465 e. The number of benzene rings is 1. The number of carbonyl (C=O) groups excluding carboxylic acids is 3. The van der Waals surface area contributed by atoms with Crippen molar-refractivity contribution in [3.8, 4) is 0 Å². The minimum Gasteiger partial charge on any atom is -0.465 e. The van der Waals surface area contributed by atoms with Gasteiger partial charge in [0.05, 0.1) is 19.6 Å². The molecule has 0 aromatic heterocycles. The van der Waals surface area contributed by atoms with Crippen molar-refractivity contribution in [2.24, 2.45) is 5.92 Å². The average Bonchev–Trinajstić information content (AvgIpc) is 3.25. The highest BCUT2D eigenvalue weighted by Crippen LogP contribution is 2.21. The van der Waals surface area contributed by atoms with Crippen molar-refractivity contribution in [3.05, 3.63) is 34.9 Å². The number of hydrogen-bond donors (Lipinski definition) is 1. The summed E-state index contributed by atoms with van der Waals surface area (Å²) in [6.07, 6.45) is 30.8. The van der Waals surface area contributed by atoms with E-state index in [1.807, 2.05) is 6.07 Å². The van der Waals surface area contributed by atoms with Gasteiger partial charge in [-0.25, -0.2) is 0 Å². The summed E-state index contributed by atoms with van der Waals surface area (Å²) in [6.45, 7) is 10.5. The number of rotatable bonds is 43. The summed E-state index contributed by atoms with van der Waals surface area (Å²) >= 11 is 0. The zero-order valence-corrected chi connectivity index (χ0v) is 39.1. The molecule has 0 fully saturated rings. The second-order valence-corrected chi connectivity index (χ2v) is 17.0. The summed E-state index contributed by atoms with van der Waals surface area (Å²) in [5.41, 5.74) is 2.07. The van der Waals surface area contributed by atoms with Crippen LogP contribution >= 0.6 is 0 Å². The fourth-order valence-electron chi connectivity index (χ4n) is 7.42. The van der Waals surface area contributed by atoms with Crippen LogP contribution in [0.1, 0.15) is 237 Å². The van der Waals surface area contributed by atoms with Crippen molar-refractivity contribution in [1.82, 2.24) is 0 Å². The van der Waals surface area contributed by atoms with Crippen LogP contribution in [-0.4, -0.2) is 49.1 Å². The molecule has 1 unspecified atom stereocenters. The van der Waals surface area contributed by atoms with Gasteiger partial charge in [-0.2, -0.15) is 0 Å². The summed E-state index contributed by atoms with van der Waals surface area (Å²) in [4.78, 5) is 37.9. The number of hydrogen-bond acceptors (Lipinski definition) is 9. The van der Waals surface area contributed by atoms with Crippen LogP contribution < -0.4 is 0 Å². The maximum Gasteiger partial charge on any atom is 0.306 e. The van der Waals surface area contributed by atoms with Gasteiger partial charge in [0.15, 0.2) is 6.29 Å². The lowest BCUT2D eigenvalue weighted by molar-refractivity contribution is -0.160. The van der Waals surface area contributed by atoms with E-state index in [1.54, 1.807) is 12.1 Å². The lowest BCUT2D eigenvalue weighted by atomic mass is 9.95. The molecule has 348 valence electrons. The van der Waals surface area contributed by atoms with Crippen LogP contribution in [0, 0.1) is 5.92 Å². The molecule has 0 aliphatic heterocycles. The zero-order chi connectivity index (χ0) is 43.7. The van der Waals surface area contributed by atoms with Crippen LogP contribution in [0.2, 0.25) is 0 Å². The molecule has 1 rings (SSSR count). The molecule has 9 heteroatoms. The van der Waals surface area contributed by atoms with Gasteiger partial charge in [-0.15, -0.1) is 0 Å². The maximum atomic E-state index is 12.8. The van der Waals surface area contributed by atoms with Crippen molar-refractivity contribution in [3.63, 3.8) is 0 Å². The normalized spacial score (nSPS) is 11.9. The average molecular weight is 847 g/mol. The highest BCUT2D eigenvalue weighted by atomic mass is 16.7. The molecule has 1 aromatic carbocycles. The molecule has 0 aliphatic carbocycles. The Hall–Kier alpha value is -2.49. The van der Waals surface area contributed by atoms with E-state index < -0.39 is 6.29 Å². The van der Waals surface area contributed by atoms with Crippen LogP contribution in [0.15, 0.2) is 18.2 Å². The SMILES string of the molecule is CCCCCCCCOC(CCC(=O)OCc1cc(CO)cc(COC(=O)CCCCC(=O)OCC(CCCCCC)CCCCCCCC)c1)OCCCCCCCC. The molecule has 9 nitrogen and oxygen atoms in total. The van der Waals surface area contributed by atoms with Gasteiger partial charge < -0.3 is 28.8 Å². The van der Waals surface area contributed by atoms with E-state index in [0.717, 1.165) is 38.5 Å². The molecule has 0 aliphatic rings. The molecule has 0 bridgehead atoms. The van der Waals surface area contributed by atoms with Gasteiger partial charge in [0.1, 0.15) is 13.2 Å². The quantitative estimate of drug-likeness (QED) is 0.0297. The predicted octanol–water partition coefficient (Wildman–Crippen LogP) is 13.6. The number of aliphatic hydroxyl groups excluding tert-OH is 1. The Morgan fingerprint density at radius 2 is 0.833 bits per heavy atom. The van der Waals surface area contributed by atoms with Crippen LogP contribution in [-0.2, 0) is 57.9 Å². The van der Waals surface area contributed by atoms with Gasteiger partial charge in [-0.05, 0) is 67.2 Å². The maximum absolute atomic E-state index is 12.8. The molecule has 1 atom stereocenters. The smallest absolute Gasteiger partial charge is 0.306 e. The first kappa shape index (κ1) is 55.5. The molecule has 0 saturated heterocycles. The first-order chi connectivity index (χ1) is 29.3. The Labute approximate surface area is 367 Å². The third-order valence-electron chi connectivity index (χ3n) is 11.2. The molecule has 0 radical (unpaired) electrons. The molecule has 1 aromatic rings. The van der Waals surface area contributed by atoms with Gasteiger partial charge in [0, 0.05) is 32.5 Å². The summed E-state index contributed by atoms with van der Waals surface area (Å²) in [7, 11) is 0. The lowest BCUT2D eigenvalue weighted by Gasteiger charge is -2.19. The van der Waals surface area contributed by atoms with E-state index in [9.17, 15) is 19.5 Å². The number of esters is 3. The zero-order valence-electron chi connectivity index (χ0n) is 39.1. The van der Waals surface area contributed by atoms with E-state index >= 15 is 0 Å². The molecular formula is C51H90O9. The molecule has 0 heterocycles. The number of carbonyl (C=O) groups is 3. The predicted molar refractivity (Wildman–Crippen MR) is 243 cm³/mol. The molecule has 60 heavy (non-hydrogen) atoms. The Balaban J connectivity index is 2.47. The van der Waals surface area contributed by atoms with E-state index in [4.69, 9.17) is 23.7 Å². The van der Waals surface area contributed by atoms with Crippen molar-refractivity contribution in [2.45, 2.75) is 246 Å². The number of unbranched alkanes of at least 4 members (excludes halogenated alkanes) is 19. The van der Waals surface area contributed by atoms with E-state index in [-0.39, 0.29) is 50.6 Å². The van der Waals surface area contributed by atoms with Gasteiger partial charge in [0.2, 0.25) is 0 Å². The summed E-state index contributed by atoms with van der Waals surface area (Å²) < 4.78 is 29.0. The Bertz CT molecular complexity index is 1150. The van der Waals surface area contributed by atoms with Crippen molar-refractivity contribution in [1.29, 1.82) is 0 Å². The fraction of sp³-hybridized carbons (Fsp3) is 0.824. The monoisotopic (exact) mass is 847 g/mol. The van der Waals surface area contributed by atoms with Gasteiger partial charge in [-0.1, -0.05) is 168 Å². The second kappa shape index (κ2) is 40.6. The topological polar surface area (TPSA) is 118 Å². The Morgan fingerprint density at radius 1 is 0.450 bits per heavy atom. The number of ether oxygens (including phenoxy) is 5. The standard InChI is InChI=1S/C51H90O9/c1-5-9-13-17-20-24-30-44(29-23-16-12-8-4)41-58-48(53)31-25-26-32-49(54)59-42-46-37-45(40-52)38-47(39-46)43-60-50(55)33-34-51(56-35-27-21-18-14-10-6-2)57-36-28-22-19-15-11-7-3/h37-39,44,51-52H,5-36,40-43H2,1-4H3. The molecule has 1 N–H and O–H groups in total. The first-order valence-electron chi connectivity index (χ1n) is 24.8. The highest BCUT2D eigenvalue weighted by molar-refractivity contribution is 5.70. The summed E-state index contributed by atoms with van der Waals surface area (Å²) in [5.74, 6) is -0.440. The van der Waals surface area contributed by atoms with Crippen LogP contribution in [0.5, 0.6) is 0 Å². The Kier molecular flexibility index (Phi) is 37.5. The molecule has 0 saturated carbocycles. The van der Waals surface area contributed by atoms with Crippen molar-refractivity contribution >= 4 is 17.9 Å². The highest BCUT2D eigenvalue weighted by Gasteiger charge is 2.16. The van der Waals surface area contributed by atoms with Crippen molar-refractivity contribution in [2.75, 3.05) is 19.8 Å². The van der Waals surface area contributed by atoms with Crippen molar-refractivity contribution < 1.29 is 43.2 Å². The molecular weight excluding hydrogens is 757 g/mol. The minimum absolute atomic E-state index is 0.0431. The summed E-state index contributed by atoms with van der Waals surface area (Å²) in [5, 5.41) is 9.88. The summed E-state index contributed by atoms with van der Waals surface area (Å²) in [6, 6.07) is 5.40. The fourth-order valence-corrected chi connectivity index (χ4v) is 7.42. The first-order valence-corrected chi connectivity index (χ1v) is 24.8. The van der Waals surface area contributed by atoms with Gasteiger partial charge in [0.25, 0.3) is 0 Å². The number of aliphatic hydroxyl groups is 1. The third kappa shape index (κ3) is 33.2. The molecule has 0 amide bonds. The third-order valence-corrected chi connectivity index (χ3v) is 11.2. The van der Waals surface area contributed by atoms with Gasteiger partial charge >= 0.3 is 17.9 Å². The van der Waals surface area contributed by atoms with Crippen LogP contribution in [0.25, 0.3) is 0 Å². The van der Waals surface area contributed by atoms with E-state index in [1.165, 1.54) is 116 Å². The van der Waals surface area contributed by atoms with E-state index in [0.29, 0.717) is 68.1 Å².